The number of rotatable bonds is 3. The van der Waals surface area contributed by atoms with Crippen LogP contribution in [0.3, 0.4) is 0 Å². The van der Waals surface area contributed by atoms with Crippen LogP contribution in [0.5, 0.6) is 0 Å². The van der Waals surface area contributed by atoms with Crippen LogP contribution >= 0.6 is 11.6 Å². The molecule has 1 unspecified atom stereocenters. The lowest BCUT2D eigenvalue weighted by atomic mass is 9.96. The third kappa shape index (κ3) is 3.45. The Balaban J connectivity index is 2.46. The zero-order valence-corrected chi connectivity index (χ0v) is 12.8. The van der Waals surface area contributed by atoms with Crippen LogP contribution in [-0.2, 0) is 0 Å². The smallest absolute Gasteiger partial charge is 0.187 e. The normalized spacial score (nSPS) is 11.8. The molecule has 21 heavy (non-hydrogen) atoms. The van der Waals surface area contributed by atoms with E-state index in [0.717, 1.165) is 17.0 Å². The second-order valence-electron chi connectivity index (χ2n) is 4.95. The van der Waals surface area contributed by atoms with Gasteiger partial charge in [-0.2, -0.15) is 5.26 Å². The first-order chi connectivity index (χ1) is 9.90. The van der Waals surface area contributed by atoms with Crippen molar-refractivity contribution in [3.8, 4) is 6.07 Å². The summed E-state index contributed by atoms with van der Waals surface area (Å²) in [5, 5.41) is 9.82. The number of ketones is 1. The number of nitriles is 1. The highest BCUT2D eigenvalue weighted by Crippen LogP contribution is 2.22. The summed E-state index contributed by atoms with van der Waals surface area (Å²) >= 11 is 5.97. The number of halogens is 1. The van der Waals surface area contributed by atoms with E-state index in [2.05, 4.69) is 9.97 Å². The number of hydrogen-bond acceptors (Lipinski definition) is 4. The molecule has 0 spiro atoms. The maximum atomic E-state index is 12.5. The van der Waals surface area contributed by atoms with Crippen molar-refractivity contribution < 1.29 is 4.79 Å². The molecule has 1 atom stereocenters. The van der Waals surface area contributed by atoms with Gasteiger partial charge in [-0.15, -0.1) is 0 Å². The Hall–Kier alpha value is -2.25. The third-order valence-electron chi connectivity index (χ3n) is 2.98. The predicted octanol–water partition coefficient (Wildman–Crippen LogP) is 3.55. The molecule has 1 heterocycles. The summed E-state index contributed by atoms with van der Waals surface area (Å²) in [5.41, 5.74) is 2.72. The molecular formula is C16H14ClN3O. The molecule has 0 saturated carbocycles. The number of hydrogen-bond donors (Lipinski definition) is 0. The van der Waals surface area contributed by atoms with Crippen molar-refractivity contribution in [1.29, 1.82) is 5.26 Å². The number of Topliss-reactive ketones (excluding diaryl/α,β-unsaturated/α-hetero) is 1. The highest BCUT2D eigenvalue weighted by molar-refractivity contribution is 6.31. The van der Waals surface area contributed by atoms with Crippen molar-refractivity contribution in [1.82, 2.24) is 9.97 Å². The Morgan fingerprint density at radius 3 is 2.29 bits per heavy atom. The summed E-state index contributed by atoms with van der Waals surface area (Å²) in [7, 11) is 0. The minimum Gasteiger partial charge on any atom is -0.292 e. The Labute approximate surface area is 128 Å². The minimum absolute atomic E-state index is 0.234. The van der Waals surface area contributed by atoms with Crippen LogP contribution < -0.4 is 0 Å². The second kappa shape index (κ2) is 6.02. The largest absolute Gasteiger partial charge is 0.292 e. The zero-order valence-electron chi connectivity index (χ0n) is 12.0. The fourth-order valence-electron chi connectivity index (χ4n) is 2.16. The van der Waals surface area contributed by atoms with Crippen LogP contribution in [0.1, 0.15) is 39.1 Å². The van der Waals surface area contributed by atoms with Crippen LogP contribution in [0.4, 0.5) is 0 Å². The van der Waals surface area contributed by atoms with Crippen molar-refractivity contribution in [2.75, 3.05) is 0 Å². The Kier molecular flexibility index (Phi) is 4.35. The van der Waals surface area contributed by atoms with Crippen molar-refractivity contribution >= 4 is 17.4 Å². The van der Waals surface area contributed by atoms with Crippen LogP contribution in [0, 0.1) is 32.1 Å². The molecule has 0 radical (unpaired) electrons. The lowest BCUT2D eigenvalue weighted by Gasteiger charge is -2.10. The van der Waals surface area contributed by atoms with E-state index in [4.69, 9.17) is 11.6 Å². The summed E-state index contributed by atoms with van der Waals surface area (Å²) in [5.74, 6) is -1.13. The number of benzene rings is 1. The van der Waals surface area contributed by atoms with Gasteiger partial charge in [0.2, 0.25) is 0 Å². The Bertz CT molecular complexity index is 709. The van der Waals surface area contributed by atoms with Gasteiger partial charge in [0.1, 0.15) is 0 Å². The maximum Gasteiger partial charge on any atom is 0.187 e. The summed E-state index contributed by atoms with van der Waals surface area (Å²) in [4.78, 5) is 21.0. The van der Waals surface area contributed by atoms with Crippen LogP contribution in [-0.4, -0.2) is 15.8 Å². The van der Waals surface area contributed by atoms with E-state index in [1.165, 1.54) is 0 Å². The average Bonchev–Trinajstić information content (AvgIpc) is 2.37. The average molecular weight is 300 g/mol. The fourth-order valence-corrected chi connectivity index (χ4v) is 2.45. The van der Waals surface area contributed by atoms with E-state index in [1.54, 1.807) is 38.1 Å². The highest BCUT2D eigenvalue weighted by Gasteiger charge is 2.25. The van der Waals surface area contributed by atoms with Crippen molar-refractivity contribution in [2.45, 2.75) is 26.7 Å². The van der Waals surface area contributed by atoms with E-state index in [1.807, 2.05) is 13.0 Å². The summed E-state index contributed by atoms with van der Waals surface area (Å²) < 4.78 is 0. The lowest BCUT2D eigenvalue weighted by Crippen LogP contribution is -2.15. The Morgan fingerprint density at radius 1 is 1.14 bits per heavy atom. The molecule has 0 fully saturated rings. The van der Waals surface area contributed by atoms with Gasteiger partial charge < -0.3 is 0 Å². The van der Waals surface area contributed by atoms with Gasteiger partial charge in [-0.1, -0.05) is 11.6 Å². The van der Waals surface area contributed by atoms with E-state index in [0.29, 0.717) is 10.6 Å². The fraction of sp³-hybridized carbons (Fsp3) is 0.250. The monoisotopic (exact) mass is 299 g/mol. The van der Waals surface area contributed by atoms with Crippen LogP contribution in [0.25, 0.3) is 0 Å². The molecule has 2 aromatic rings. The number of aromatic nitrogens is 2. The summed E-state index contributed by atoms with van der Waals surface area (Å²) in [6.07, 6.45) is 0. The minimum atomic E-state index is -1.03. The van der Waals surface area contributed by atoms with Gasteiger partial charge in [-0.25, -0.2) is 9.97 Å². The molecule has 0 aliphatic rings. The maximum absolute atomic E-state index is 12.5. The van der Waals surface area contributed by atoms with Crippen LogP contribution in [0.2, 0.25) is 5.02 Å². The quantitative estimate of drug-likeness (QED) is 0.813. The molecule has 1 aromatic heterocycles. The molecule has 0 aliphatic heterocycles. The zero-order chi connectivity index (χ0) is 15.6. The van der Waals surface area contributed by atoms with E-state index >= 15 is 0 Å². The topological polar surface area (TPSA) is 66.6 Å². The van der Waals surface area contributed by atoms with Gasteiger partial charge in [0, 0.05) is 22.0 Å². The molecule has 0 bridgehead atoms. The first kappa shape index (κ1) is 15.1. The lowest BCUT2D eigenvalue weighted by molar-refractivity contribution is 0.0976. The number of aryl methyl sites for hydroxylation is 3. The second-order valence-corrected chi connectivity index (χ2v) is 5.39. The molecule has 2 rings (SSSR count). The molecule has 0 N–H and O–H groups in total. The number of carbonyl (C=O) groups is 1. The van der Waals surface area contributed by atoms with E-state index in [9.17, 15) is 10.1 Å². The molecule has 4 nitrogen and oxygen atoms in total. The molecule has 0 amide bonds. The molecule has 5 heteroatoms. The highest BCUT2D eigenvalue weighted by atomic mass is 35.5. The van der Waals surface area contributed by atoms with Gasteiger partial charge in [-0.3, -0.25) is 4.79 Å². The summed E-state index contributed by atoms with van der Waals surface area (Å²) in [6, 6.07) is 8.82. The molecule has 0 saturated heterocycles. The summed E-state index contributed by atoms with van der Waals surface area (Å²) in [6.45, 7) is 5.46. The molecule has 106 valence electrons. The molecular weight excluding hydrogens is 286 g/mol. The first-order valence-corrected chi connectivity index (χ1v) is 6.81. The number of carbonyl (C=O) groups excluding carboxylic acids is 1. The molecule has 1 aromatic carbocycles. The van der Waals surface area contributed by atoms with Crippen molar-refractivity contribution in [3.63, 3.8) is 0 Å². The van der Waals surface area contributed by atoms with E-state index < -0.39 is 5.92 Å². The van der Waals surface area contributed by atoms with Gasteiger partial charge in [0.05, 0.1) is 6.07 Å². The molecule has 0 aliphatic carbocycles. The van der Waals surface area contributed by atoms with E-state index in [-0.39, 0.29) is 11.6 Å². The predicted molar refractivity (Wildman–Crippen MR) is 80.4 cm³/mol. The van der Waals surface area contributed by atoms with Gasteiger partial charge in [0.25, 0.3) is 0 Å². The van der Waals surface area contributed by atoms with Gasteiger partial charge >= 0.3 is 0 Å². The standard InChI is InChI=1S/C16H14ClN3O/c1-9-4-12(7-13(17)5-9)15(21)14(8-18)16-19-10(2)6-11(3)20-16/h4-7,14H,1-3H3. The number of nitrogens with zero attached hydrogens (tertiary/aromatic N) is 3. The Morgan fingerprint density at radius 2 is 1.76 bits per heavy atom. The third-order valence-corrected chi connectivity index (χ3v) is 3.19. The van der Waals surface area contributed by atoms with Gasteiger partial charge in [0.15, 0.2) is 17.5 Å². The van der Waals surface area contributed by atoms with Crippen LogP contribution in [0.15, 0.2) is 24.3 Å². The SMILES string of the molecule is Cc1cc(Cl)cc(C(=O)C(C#N)c2nc(C)cc(C)n2)c1. The van der Waals surface area contributed by atoms with Crippen molar-refractivity contribution in [3.05, 3.63) is 57.6 Å². The van der Waals surface area contributed by atoms with Crippen molar-refractivity contribution in [2.24, 2.45) is 0 Å². The van der Waals surface area contributed by atoms with Gasteiger partial charge in [-0.05, 0) is 50.6 Å². The first-order valence-electron chi connectivity index (χ1n) is 6.44.